The standard InChI is InChI=1S/C15H12ClN3O/c16-12-7-4-8-13(9-12)17-10-14-18-15(19-20-14)11-5-2-1-3-6-11/h1-9,17H,10H2. The van der Waals surface area contributed by atoms with Gasteiger partial charge in [0.05, 0.1) is 6.54 Å². The number of rotatable bonds is 4. The van der Waals surface area contributed by atoms with Gasteiger partial charge in [-0.1, -0.05) is 53.2 Å². The molecule has 0 amide bonds. The molecular formula is C15H12ClN3O. The summed E-state index contributed by atoms with van der Waals surface area (Å²) in [6.07, 6.45) is 0. The van der Waals surface area contributed by atoms with Crippen LogP contribution >= 0.6 is 11.6 Å². The molecule has 5 heteroatoms. The monoisotopic (exact) mass is 285 g/mol. The van der Waals surface area contributed by atoms with Crippen LogP contribution in [-0.4, -0.2) is 10.1 Å². The second kappa shape index (κ2) is 5.75. The third-order valence-corrected chi connectivity index (χ3v) is 3.00. The summed E-state index contributed by atoms with van der Waals surface area (Å²) in [5.41, 5.74) is 1.85. The molecule has 0 radical (unpaired) electrons. The van der Waals surface area contributed by atoms with Gasteiger partial charge in [-0.15, -0.1) is 0 Å². The second-order valence-electron chi connectivity index (χ2n) is 4.24. The van der Waals surface area contributed by atoms with Crippen molar-refractivity contribution in [2.24, 2.45) is 0 Å². The molecule has 3 aromatic rings. The van der Waals surface area contributed by atoms with E-state index in [0.717, 1.165) is 11.3 Å². The van der Waals surface area contributed by atoms with Crippen LogP contribution in [0.2, 0.25) is 5.02 Å². The Bertz CT molecular complexity index is 697. The molecule has 2 aromatic carbocycles. The van der Waals surface area contributed by atoms with E-state index < -0.39 is 0 Å². The van der Waals surface area contributed by atoms with Crippen molar-refractivity contribution < 1.29 is 4.52 Å². The van der Waals surface area contributed by atoms with E-state index in [1.54, 1.807) is 0 Å². The van der Waals surface area contributed by atoms with Gasteiger partial charge in [0.1, 0.15) is 0 Å². The summed E-state index contributed by atoms with van der Waals surface area (Å²) in [6, 6.07) is 17.2. The average molecular weight is 286 g/mol. The Labute approximate surface area is 121 Å². The minimum absolute atomic E-state index is 0.459. The lowest BCUT2D eigenvalue weighted by molar-refractivity contribution is 0.384. The van der Waals surface area contributed by atoms with E-state index in [-0.39, 0.29) is 0 Å². The second-order valence-corrected chi connectivity index (χ2v) is 4.68. The molecule has 0 spiro atoms. The highest BCUT2D eigenvalue weighted by atomic mass is 35.5. The van der Waals surface area contributed by atoms with Gasteiger partial charge >= 0.3 is 0 Å². The highest BCUT2D eigenvalue weighted by Gasteiger charge is 2.07. The fraction of sp³-hybridized carbons (Fsp3) is 0.0667. The molecule has 1 heterocycles. The number of benzene rings is 2. The van der Waals surface area contributed by atoms with E-state index >= 15 is 0 Å². The Hall–Kier alpha value is -2.33. The van der Waals surface area contributed by atoms with Crippen LogP contribution in [-0.2, 0) is 6.54 Å². The van der Waals surface area contributed by atoms with E-state index in [1.165, 1.54) is 0 Å². The maximum Gasteiger partial charge on any atom is 0.246 e. The summed E-state index contributed by atoms with van der Waals surface area (Å²) in [7, 11) is 0. The van der Waals surface area contributed by atoms with Gasteiger partial charge in [-0.3, -0.25) is 0 Å². The molecular weight excluding hydrogens is 274 g/mol. The molecule has 0 saturated carbocycles. The first-order valence-corrected chi connectivity index (χ1v) is 6.56. The third kappa shape index (κ3) is 2.97. The smallest absolute Gasteiger partial charge is 0.246 e. The van der Waals surface area contributed by atoms with Crippen molar-refractivity contribution in [3.8, 4) is 11.4 Å². The number of hydrogen-bond acceptors (Lipinski definition) is 4. The lowest BCUT2D eigenvalue weighted by Crippen LogP contribution is -1.99. The predicted octanol–water partition coefficient (Wildman–Crippen LogP) is 4.00. The van der Waals surface area contributed by atoms with Crippen LogP contribution in [0.15, 0.2) is 59.1 Å². The van der Waals surface area contributed by atoms with Crippen LogP contribution in [0.1, 0.15) is 5.89 Å². The van der Waals surface area contributed by atoms with E-state index in [4.69, 9.17) is 16.1 Å². The summed E-state index contributed by atoms with van der Waals surface area (Å²) in [6.45, 7) is 0.459. The van der Waals surface area contributed by atoms with Gasteiger partial charge in [-0.25, -0.2) is 0 Å². The minimum Gasteiger partial charge on any atom is -0.376 e. The number of anilines is 1. The van der Waals surface area contributed by atoms with Gasteiger partial charge in [-0.2, -0.15) is 4.98 Å². The summed E-state index contributed by atoms with van der Waals surface area (Å²) < 4.78 is 5.21. The van der Waals surface area contributed by atoms with Gasteiger partial charge in [-0.05, 0) is 18.2 Å². The molecule has 0 unspecified atom stereocenters. The zero-order valence-electron chi connectivity index (χ0n) is 10.6. The molecule has 20 heavy (non-hydrogen) atoms. The van der Waals surface area contributed by atoms with Crippen molar-refractivity contribution in [3.05, 3.63) is 65.5 Å². The zero-order chi connectivity index (χ0) is 13.8. The van der Waals surface area contributed by atoms with E-state index in [2.05, 4.69) is 15.5 Å². The fourth-order valence-electron chi connectivity index (χ4n) is 1.81. The Morgan fingerprint density at radius 1 is 1.05 bits per heavy atom. The van der Waals surface area contributed by atoms with Crippen LogP contribution in [0.3, 0.4) is 0 Å². The molecule has 0 aliphatic carbocycles. The highest BCUT2D eigenvalue weighted by Crippen LogP contribution is 2.17. The highest BCUT2D eigenvalue weighted by molar-refractivity contribution is 6.30. The molecule has 1 N–H and O–H groups in total. The molecule has 100 valence electrons. The van der Waals surface area contributed by atoms with Crippen LogP contribution in [0.25, 0.3) is 11.4 Å². The van der Waals surface area contributed by atoms with Crippen LogP contribution in [0, 0.1) is 0 Å². The van der Waals surface area contributed by atoms with E-state index in [9.17, 15) is 0 Å². The molecule has 4 nitrogen and oxygen atoms in total. The van der Waals surface area contributed by atoms with Gasteiger partial charge < -0.3 is 9.84 Å². The Morgan fingerprint density at radius 2 is 1.90 bits per heavy atom. The van der Waals surface area contributed by atoms with Crippen molar-refractivity contribution in [2.75, 3.05) is 5.32 Å². The largest absolute Gasteiger partial charge is 0.376 e. The maximum absolute atomic E-state index is 5.92. The van der Waals surface area contributed by atoms with Crippen LogP contribution < -0.4 is 5.32 Å². The van der Waals surface area contributed by atoms with Gasteiger partial charge in [0.2, 0.25) is 11.7 Å². The molecule has 0 saturated heterocycles. The SMILES string of the molecule is Clc1cccc(NCc2nc(-c3ccccc3)no2)c1. The predicted molar refractivity (Wildman–Crippen MR) is 78.5 cm³/mol. The van der Waals surface area contributed by atoms with Gasteiger partial charge in [0.25, 0.3) is 0 Å². The van der Waals surface area contributed by atoms with Crippen molar-refractivity contribution >= 4 is 17.3 Å². The van der Waals surface area contributed by atoms with E-state index in [0.29, 0.717) is 23.3 Å². The summed E-state index contributed by atoms with van der Waals surface area (Å²) in [5.74, 6) is 1.12. The zero-order valence-corrected chi connectivity index (χ0v) is 11.3. The van der Waals surface area contributed by atoms with Gasteiger partial charge in [0.15, 0.2) is 0 Å². The Morgan fingerprint density at radius 3 is 2.70 bits per heavy atom. The summed E-state index contributed by atoms with van der Waals surface area (Å²) in [5, 5.41) is 7.84. The lowest BCUT2D eigenvalue weighted by Gasteiger charge is -2.02. The molecule has 0 aliphatic rings. The third-order valence-electron chi connectivity index (χ3n) is 2.77. The molecule has 1 aromatic heterocycles. The number of hydrogen-bond donors (Lipinski definition) is 1. The molecule has 0 atom stereocenters. The normalized spacial score (nSPS) is 10.4. The van der Waals surface area contributed by atoms with Crippen LogP contribution in [0.4, 0.5) is 5.69 Å². The Kier molecular flexibility index (Phi) is 3.65. The van der Waals surface area contributed by atoms with Crippen molar-refractivity contribution in [2.45, 2.75) is 6.54 Å². The topological polar surface area (TPSA) is 51.0 Å². The van der Waals surface area contributed by atoms with Gasteiger partial charge in [0, 0.05) is 16.3 Å². The molecule has 0 aliphatic heterocycles. The summed E-state index contributed by atoms with van der Waals surface area (Å²) in [4.78, 5) is 4.34. The average Bonchev–Trinajstić information content (AvgIpc) is 2.95. The minimum atomic E-state index is 0.459. The number of aromatic nitrogens is 2. The number of nitrogens with one attached hydrogen (secondary N) is 1. The number of halogens is 1. The lowest BCUT2D eigenvalue weighted by atomic mass is 10.2. The van der Waals surface area contributed by atoms with Crippen molar-refractivity contribution in [1.29, 1.82) is 0 Å². The fourth-order valence-corrected chi connectivity index (χ4v) is 2.00. The molecule has 0 fully saturated rings. The maximum atomic E-state index is 5.92. The quantitative estimate of drug-likeness (QED) is 0.787. The van der Waals surface area contributed by atoms with Crippen molar-refractivity contribution in [1.82, 2.24) is 10.1 Å². The first-order chi connectivity index (χ1) is 9.81. The first-order valence-electron chi connectivity index (χ1n) is 6.19. The number of nitrogens with zero attached hydrogens (tertiary/aromatic N) is 2. The Balaban J connectivity index is 1.69. The molecule has 3 rings (SSSR count). The van der Waals surface area contributed by atoms with Crippen LogP contribution in [0.5, 0.6) is 0 Å². The first kappa shape index (κ1) is 12.7. The van der Waals surface area contributed by atoms with E-state index in [1.807, 2.05) is 54.6 Å². The summed E-state index contributed by atoms with van der Waals surface area (Å²) >= 11 is 5.92. The molecule has 0 bridgehead atoms. The van der Waals surface area contributed by atoms with Crippen molar-refractivity contribution in [3.63, 3.8) is 0 Å².